The van der Waals surface area contributed by atoms with Crippen LogP contribution in [-0.4, -0.2) is 21.0 Å². The van der Waals surface area contributed by atoms with Crippen LogP contribution in [0, 0.1) is 0 Å². The Bertz CT molecular complexity index is 932. The molecule has 0 saturated heterocycles. The second-order valence-electron chi connectivity index (χ2n) is 6.67. The van der Waals surface area contributed by atoms with E-state index in [1.54, 1.807) is 12.4 Å². The number of carbonyl (C=O) groups excluding carboxylic acids is 1. The third kappa shape index (κ3) is 2.69. The van der Waals surface area contributed by atoms with Crippen LogP contribution in [-0.2, 0) is 16.6 Å². The Morgan fingerprint density at radius 3 is 2.72 bits per heavy atom. The van der Waals surface area contributed by atoms with E-state index in [0.717, 1.165) is 28.8 Å². The fourth-order valence-corrected chi connectivity index (χ4v) is 3.07. The van der Waals surface area contributed by atoms with Crippen LogP contribution >= 0.6 is 0 Å². The highest BCUT2D eigenvalue weighted by atomic mass is 16.5. The highest BCUT2D eigenvalue weighted by Crippen LogP contribution is 2.35. The molecule has 0 unspecified atom stereocenters. The van der Waals surface area contributed by atoms with Gasteiger partial charge >= 0.3 is 0 Å². The third-order valence-electron chi connectivity index (χ3n) is 4.65. The molecule has 126 valence electrons. The van der Waals surface area contributed by atoms with Gasteiger partial charge in [0.15, 0.2) is 5.82 Å². The number of amides is 1. The van der Waals surface area contributed by atoms with E-state index in [1.165, 1.54) is 0 Å². The Balaban J connectivity index is 1.75. The molecule has 4 rings (SSSR count). The largest absolute Gasteiger partial charge is 0.334 e. The molecule has 1 amide bonds. The first-order chi connectivity index (χ1) is 12.1. The lowest BCUT2D eigenvalue weighted by molar-refractivity contribution is -0.116. The van der Waals surface area contributed by atoms with Crippen molar-refractivity contribution in [1.82, 2.24) is 15.1 Å². The van der Waals surface area contributed by atoms with E-state index in [0.29, 0.717) is 18.1 Å². The number of fused-ring (bicyclic) bond motifs is 1. The number of anilines is 1. The lowest BCUT2D eigenvalue weighted by Crippen LogP contribution is -2.21. The number of pyridine rings is 1. The number of nitrogens with one attached hydrogen (secondary N) is 1. The molecule has 0 radical (unpaired) electrons. The molecule has 6 heteroatoms. The van der Waals surface area contributed by atoms with Crippen LogP contribution in [0.25, 0.3) is 11.5 Å². The zero-order valence-corrected chi connectivity index (χ0v) is 14.1. The zero-order chi connectivity index (χ0) is 17.4. The highest BCUT2D eigenvalue weighted by molar-refractivity contribution is 5.98. The second kappa shape index (κ2) is 5.81. The molecule has 0 aliphatic carbocycles. The molecule has 3 heterocycles. The number of nitrogens with zero attached hydrogens (tertiary/aromatic N) is 3. The summed E-state index contributed by atoms with van der Waals surface area (Å²) < 4.78 is 5.53. The van der Waals surface area contributed by atoms with Gasteiger partial charge in [-0.3, -0.25) is 9.78 Å². The summed E-state index contributed by atoms with van der Waals surface area (Å²) in [6, 6.07) is 9.74. The van der Waals surface area contributed by atoms with Gasteiger partial charge in [-0.15, -0.1) is 0 Å². The molecule has 1 N–H and O–H groups in total. The predicted octanol–water partition coefficient (Wildman–Crippen LogP) is 3.34. The van der Waals surface area contributed by atoms with Crippen LogP contribution in [0.5, 0.6) is 0 Å². The Kier molecular flexibility index (Phi) is 3.60. The van der Waals surface area contributed by atoms with E-state index in [1.807, 2.05) is 44.2 Å². The standard InChI is InChI=1S/C19H18N4O2/c1-19(2,13-8-10-20-11-9-13)18-22-17(25-23-18)14-5-3-4-12-6-7-15(24)21-16(12)14/h3-5,8-11H,6-7H2,1-2H3,(H,21,24). The zero-order valence-electron chi connectivity index (χ0n) is 14.1. The maximum Gasteiger partial charge on any atom is 0.260 e. The average Bonchev–Trinajstić information content (AvgIpc) is 3.12. The van der Waals surface area contributed by atoms with Crippen LogP contribution in [0.1, 0.15) is 37.2 Å². The minimum atomic E-state index is -0.414. The number of hydrogen-bond donors (Lipinski definition) is 1. The van der Waals surface area contributed by atoms with E-state index in [4.69, 9.17) is 4.52 Å². The summed E-state index contributed by atoms with van der Waals surface area (Å²) in [6.45, 7) is 4.08. The van der Waals surface area contributed by atoms with Gasteiger partial charge in [0.05, 0.1) is 16.7 Å². The molecular formula is C19H18N4O2. The summed E-state index contributed by atoms with van der Waals surface area (Å²) in [5, 5.41) is 7.12. The van der Waals surface area contributed by atoms with Crippen molar-refractivity contribution in [3.63, 3.8) is 0 Å². The lowest BCUT2D eigenvalue weighted by atomic mass is 9.84. The monoisotopic (exact) mass is 334 g/mol. The summed E-state index contributed by atoms with van der Waals surface area (Å²) in [4.78, 5) is 20.4. The molecule has 6 nitrogen and oxygen atoms in total. The van der Waals surface area contributed by atoms with Crippen molar-refractivity contribution in [2.75, 3.05) is 5.32 Å². The highest BCUT2D eigenvalue weighted by Gasteiger charge is 2.30. The topological polar surface area (TPSA) is 80.9 Å². The summed E-state index contributed by atoms with van der Waals surface area (Å²) in [5.74, 6) is 1.02. The summed E-state index contributed by atoms with van der Waals surface area (Å²) >= 11 is 0. The summed E-state index contributed by atoms with van der Waals surface area (Å²) in [5.41, 5.74) is 3.26. The van der Waals surface area contributed by atoms with E-state index < -0.39 is 5.41 Å². The molecule has 0 saturated carbocycles. The van der Waals surface area contributed by atoms with Gasteiger partial charge in [0.2, 0.25) is 5.91 Å². The van der Waals surface area contributed by atoms with Crippen molar-refractivity contribution in [2.24, 2.45) is 0 Å². The first-order valence-corrected chi connectivity index (χ1v) is 8.22. The predicted molar refractivity (Wildman–Crippen MR) is 93.0 cm³/mol. The van der Waals surface area contributed by atoms with E-state index in [2.05, 4.69) is 20.4 Å². The maximum atomic E-state index is 11.8. The molecule has 0 atom stereocenters. The van der Waals surface area contributed by atoms with E-state index in [9.17, 15) is 4.79 Å². The van der Waals surface area contributed by atoms with Gasteiger partial charge in [-0.05, 0) is 49.6 Å². The first-order valence-electron chi connectivity index (χ1n) is 8.22. The van der Waals surface area contributed by atoms with Crippen LogP contribution in [0.2, 0.25) is 0 Å². The number of benzene rings is 1. The van der Waals surface area contributed by atoms with Gasteiger partial charge in [0.25, 0.3) is 5.89 Å². The Morgan fingerprint density at radius 2 is 1.92 bits per heavy atom. The average molecular weight is 334 g/mol. The fourth-order valence-electron chi connectivity index (χ4n) is 3.07. The Labute approximate surface area is 145 Å². The van der Waals surface area contributed by atoms with E-state index >= 15 is 0 Å². The molecular weight excluding hydrogens is 316 g/mol. The number of rotatable bonds is 3. The van der Waals surface area contributed by atoms with Gasteiger partial charge in [0.1, 0.15) is 0 Å². The molecule has 25 heavy (non-hydrogen) atoms. The molecule has 0 bridgehead atoms. The normalized spacial score (nSPS) is 14.1. The Morgan fingerprint density at radius 1 is 1.12 bits per heavy atom. The number of hydrogen-bond acceptors (Lipinski definition) is 5. The molecule has 0 spiro atoms. The van der Waals surface area contributed by atoms with Crippen LogP contribution in [0.15, 0.2) is 47.2 Å². The van der Waals surface area contributed by atoms with Gasteiger partial charge in [0, 0.05) is 18.8 Å². The smallest absolute Gasteiger partial charge is 0.260 e. The van der Waals surface area contributed by atoms with E-state index in [-0.39, 0.29) is 5.91 Å². The molecule has 2 aromatic heterocycles. The SMILES string of the molecule is CC(C)(c1ccncc1)c1noc(-c2cccc3c2NC(=O)CC3)n1. The molecule has 1 aliphatic rings. The summed E-state index contributed by atoms with van der Waals surface area (Å²) in [7, 11) is 0. The van der Waals surface area contributed by atoms with Crippen molar-refractivity contribution in [1.29, 1.82) is 0 Å². The molecule has 1 aromatic carbocycles. The maximum absolute atomic E-state index is 11.8. The second-order valence-corrected chi connectivity index (χ2v) is 6.67. The van der Waals surface area contributed by atoms with Crippen molar-refractivity contribution in [3.8, 4) is 11.5 Å². The van der Waals surface area contributed by atoms with Crippen molar-refractivity contribution in [3.05, 3.63) is 59.7 Å². The minimum absolute atomic E-state index is 0.0109. The van der Waals surface area contributed by atoms with Crippen molar-refractivity contribution in [2.45, 2.75) is 32.1 Å². The van der Waals surface area contributed by atoms with Crippen molar-refractivity contribution >= 4 is 11.6 Å². The van der Waals surface area contributed by atoms with Crippen LogP contribution < -0.4 is 5.32 Å². The fraction of sp³-hybridized carbons (Fsp3) is 0.263. The number of carbonyl (C=O) groups is 1. The molecule has 3 aromatic rings. The van der Waals surface area contributed by atoms with Crippen molar-refractivity contribution < 1.29 is 9.32 Å². The molecule has 0 fully saturated rings. The first kappa shape index (κ1) is 15.5. The molecule has 1 aliphatic heterocycles. The number of para-hydroxylation sites is 1. The third-order valence-corrected chi connectivity index (χ3v) is 4.65. The lowest BCUT2D eigenvalue weighted by Gasteiger charge is -2.20. The summed E-state index contributed by atoms with van der Waals surface area (Å²) in [6.07, 6.45) is 4.72. The van der Waals surface area contributed by atoms with Crippen LogP contribution in [0.3, 0.4) is 0 Å². The van der Waals surface area contributed by atoms with Gasteiger partial charge in [-0.25, -0.2) is 0 Å². The van der Waals surface area contributed by atoms with Crippen LogP contribution in [0.4, 0.5) is 5.69 Å². The number of aryl methyl sites for hydroxylation is 1. The number of aromatic nitrogens is 3. The quantitative estimate of drug-likeness (QED) is 0.794. The van der Waals surface area contributed by atoms with Gasteiger partial charge in [-0.1, -0.05) is 17.3 Å². The Hall–Kier alpha value is -3.02. The van der Waals surface area contributed by atoms with Gasteiger partial charge in [-0.2, -0.15) is 4.98 Å². The minimum Gasteiger partial charge on any atom is -0.334 e. The van der Waals surface area contributed by atoms with Gasteiger partial charge < -0.3 is 9.84 Å².